The van der Waals surface area contributed by atoms with Crippen LogP contribution in [0, 0.1) is 5.92 Å². The average Bonchev–Trinajstić information content (AvgIpc) is 3.13. The second kappa shape index (κ2) is 6.32. The van der Waals surface area contributed by atoms with Crippen molar-refractivity contribution >= 4 is 5.91 Å². The Hall–Kier alpha value is -2.53. The maximum Gasteiger partial charge on any atom is 0.267 e. The van der Waals surface area contributed by atoms with Crippen molar-refractivity contribution < 1.29 is 14.3 Å². The highest BCUT2D eigenvalue weighted by Crippen LogP contribution is 2.40. The Morgan fingerprint density at radius 3 is 2.50 bits per heavy atom. The van der Waals surface area contributed by atoms with Gasteiger partial charge in [-0.2, -0.15) is 0 Å². The van der Waals surface area contributed by atoms with Gasteiger partial charge in [0.05, 0.1) is 0 Å². The summed E-state index contributed by atoms with van der Waals surface area (Å²) in [5.74, 6) is 1.89. The molecular formula is C21H22N2O3. The minimum Gasteiger partial charge on any atom is -0.447 e. The van der Waals surface area contributed by atoms with Gasteiger partial charge in [0.15, 0.2) is 11.5 Å². The first-order chi connectivity index (χ1) is 12.8. The van der Waals surface area contributed by atoms with E-state index < -0.39 is 6.29 Å². The molecule has 0 aliphatic carbocycles. The van der Waals surface area contributed by atoms with Gasteiger partial charge >= 0.3 is 0 Å². The van der Waals surface area contributed by atoms with Gasteiger partial charge in [0.2, 0.25) is 0 Å². The molecule has 4 heterocycles. The number of amides is 1. The molecule has 2 aromatic rings. The lowest BCUT2D eigenvalue weighted by Gasteiger charge is -2.44. The van der Waals surface area contributed by atoms with Gasteiger partial charge in [-0.15, -0.1) is 0 Å². The van der Waals surface area contributed by atoms with Gasteiger partial charge in [0.25, 0.3) is 12.2 Å². The van der Waals surface area contributed by atoms with Gasteiger partial charge in [-0.05, 0) is 50.0 Å². The number of nitrogens with zero attached hydrogens (tertiary/aromatic N) is 1. The molecule has 3 fully saturated rings. The number of nitrogens with one attached hydrogen (secondary N) is 1. The molecule has 3 saturated heterocycles. The van der Waals surface area contributed by atoms with Gasteiger partial charge in [0, 0.05) is 23.7 Å². The van der Waals surface area contributed by atoms with Crippen LogP contribution in [-0.4, -0.2) is 36.5 Å². The molecule has 2 atom stereocenters. The highest BCUT2D eigenvalue weighted by atomic mass is 16.7. The first-order valence-electron chi connectivity index (χ1n) is 9.32. The van der Waals surface area contributed by atoms with Crippen molar-refractivity contribution in [3.05, 3.63) is 59.7 Å². The van der Waals surface area contributed by atoms with E-state index in [1.54, 1.807) is 6.07 Å². The fraction of sp³-hybridized carbons (Fsp3) is 0.381. The van der Waals surface area contributed by atoms with E-state index in [1.165, 1.54) is 25.9 Å². The Morgan fingerprint density at radius 1 is 1.00 bits per heavy atom. The molecule has 5 nitrogen and oxygen atoms in total. The van der Waals surface area contributed by atoms with Crippen LogP contribution in [0.2, 0.25) is 0 Å². The molecule has 2 bridgehead atoms. The Balaban J connectivity index is 1.29. The van der Waals surface area contributed by atoms with Crippen molar-refractivity contribution in [3.8, 4) is 11.5 Å². The number of rotatable bonds is 3. The zero-order valence-corrected chi connectivity index (χ0v) is 14.6. The van der Waals surface area contributed by atoms with Crippen LogP contribution in [0.1, 0.15) is 35.1 Å². The Kier molecular flexibility index (Phi) is 3.82. The maximum atomic E-state index is 12.7. The Labute approximate surface area is 152 Å². The van der Waals surface area contributed by atoms with Crippen molar-refractivity contribution in [2.45, 2.75) is 25.2 Å². The quantitative estimate of drug-likeness (QED) is 0.925. The zero-order chi connectivity index (χ0) is 17.5. The lowest BCUT2D eigenvalue weighted by Crippen LogP contribution is -2.57. The fourth-order valence-electron chi connectivity index (χ4n) is 4.22. The number of ether oxygens (including phenoxy) is 2. The highest BCUT2D eigenvalue weighted by molar-refractivity contribution is 5.95. The normalized spacial score (nSPS) is 28.8. The molecular weight excluding hydrogens is 328 g/mol. The van der Waals surface area contributed by atoms with Crippen LogP contribution in [0.4, 0.5) is 0 Å². The van der Waals surface area contributed by atoms with Crippen LogP contribution < -0.4 is 14.8 Å². The number of carbonyl (C=O) groups excluding carboxylic acids is 1. The predicted octanol–water partition coefficient (Wildman–Crippen LogP) is 2.98. The number of carbonyl (C=O) groups is 1. The molecule has 26 heavy (non-hydrogen) atoms. The van der Waals surface area contributed by atoms with Gasteiger partial charge in [-0.25, -0.2) is 0 Å². The third-order valence-electron chi connectivity index (χ3n) is 5.72. The van der Waals surface area contributed by atoms with Crippen LogP contribution in [-0.2, 0) is 0 Å². The van der Waals surface area contributed by atoms with Gasteiger partial charge < -0.3 is 19.7 Å². The monoisotopic (exact) mass is 350 g/mol. The molecule has 1 amide bonds. The summed E-state index contributed by atoms with van der Waals surface area (Å²) in [6.07, 6.45) is 1.92. The third kappa shape index (κ3) is 2.82. The second-order valence-electron chi connectivity index (χ2n) is 7.36. The van der Waals surface area contributed by atoms with Crippen molar-refractivity contribution in [2.75, 3.05) is 19.6 Å². The minimum atomic E-state index is -0.452. The number of hydrogen-bond donors (Lipinski definition) is 1. The van der Waals surface area contributed by atoms with Crippen LogP contribution >= 0.6 is 0 Å². The maximum absolute atomic E-state index is 12.7. The van der Waals surface area contributed by atoms with Crippen molar-refractivity contribution in [2.24, 2.45) is 5.92 Å². The first kappa shape index (κ1) is 15.7. The molecule has 4 aliphatic heterocycles. The summed E-state index contributed by atoms with van der Waals surface area (Å²) in [5, 5.41) is 3.22. The molecule has 0 spiro atoms. The Bertz CT molecular complexity index is 815. The molecule has 0 radical (unpaired) electrons. The van der Waals surface area contributed by atoms with Crippen LogP contribution in [0.3, 0.4) is 0 Å². The molecule has 4 aliphatic rings. The fourth-order valence-corrected chi connectivity index (χ4v) is 4.22. The molecule has 1 N–H and O–H groups in total. The molecule has 6 rings (SSSR count). The lowest BCUT2D eigenvalue weighted by atomic mass is 9.84. The second-order valence-corrected chi connectivity index (χ2v) is 7.36. The summed E-state index contributed by atoms with van der Waals surface area (Å²) < 4.78 is 11.8. The smallest absolute Gasteiger partial charge is 0.267 e. The summed E-state index contributed by atoms with van der Waals surface area (Å²) in [6.45, 7) is 3.31. The van der Waals surface area contributed by atoms with E-state index in [-0.39, 0.29) is 11.9 Å². The molecule has 5 heteroatoms. The average molecular weight is 350 g/mol. The number of benzene rings is 2. The van der Waals surface area contributed by atoms with E-state index >= 15 is 0 Å². The molecule has 134 valence electrons. The van der Waals surface area contributed by atoms with Crippen molar-refractivity contribution in [3.63, 3.8) is 0 Å². The zero-order valence-electron chi connectivity index (χ0n) is 14.6. The summed E-state index contributed by atoms with van der Waals surface area (Å²) in [4.78, 5) is 15.2. The largest absolute Gasteiger partial charge is 0.447 e. The SMILES string of the molecule is O=C(N[C@H]1CN2CCC1CC2)c1ccc2c(c1)OC(c1ccccc1)O2. The molecule has 0 aromatic heterocycles. The van der Waals surface area contributed by atoms with Crippen molar-refractivity contribution in [1.29, 1.82) is 0 Å². The van der Waals surface area contributed by atoms with E-state index in [1.807, 2.05) is 42.5 Å². The topological polar surface area (TPSA) is 50.8 Å². The summed E-state index contributed by atoms with van der Waals surface area (Å²) in [5.41, 5.74) is 1.58. The number of fused-ring (bicyclic) bond motifs is 4. The van der Waals surface area contributed by atoms with Crippen LogP contribution in [0.5, 0.6) is 11.5 Å². The first-order valence-corrected chi connectivity index (χ1v) is 9.32. The van der Waals surface area contributed by atoms with E-state index in [4.69, 9.17) is 9.47 Å². The predicted molar refractivity (Wildman–Crippen MR) is 97.3 cm³/mol. The summed E-state index contributed by atoms with van der Waals surface area (Å²) in [6, 6.07) is 15.5. The van der Waals surface area contributed by atoms with Crippen molar-refractivity contribution in [1.82, 2.24) is 10.2 Å². The molecule has 2 aromatic carbocycles. The standard InChI is InChI=1S/C21H22N2O3/c24-20(22-17-13-23-10-8-14(17)9-11-23)16-6-7-18-19(12-16)26-21(25-18)15-4-2-1-3-5-15/h1-7,12,14,17,21H,8-11,13H2,(H,22,24)/t17-,21?/m0/s1. The Morgan fingerprint density at radius 2 is 1.77 bits per heavy atom. The van der Waals surface area contributed by atoms with E-state index in [0.717, 1.165) is 12.1 Å². The minimum absolute atomic E-state index is 0.0293. The summed E-state index contributed by atoms with van der Waals surface area (Å²) in [7, 11) is 0. The van der Waals surface area contributed by atoms with E-state index in [0.29, 0.717) is 23.0 Å². The summed E-state index contributed by atoms with van der Waals surface area (Å²) >= 11 is 0. The van der Waals surface area contributed by atoms with E-state index in [2.05, 4.69) is 10.2 Å². The number of hydrogen-bond acceptors (Lipinski definition) is 4. The molecule has 1 unspecified atom stereocenters. The molecule has 0 saturated carbocycles. The van der Waals surface area contributed by atoms with Gasteiger partial charge in [-0.3, -0.25) is 4.79 Å². The highest BCUT2D eigenvalue weighted by Gasteiger charge is 2.35. The lowest BCUT2D eigenvalue weighted by molar-refractivity contribution is 0.0486. The van der Waals surface area contributed by atoms with Gasteiger partial charge in [-0.1, -0.05) is 30.3 Å². The third-order valence-corrected chi connectivity index (χ3v) is 5.72. The number of piperidine rings is 3. The van der Waals surface area contributed by atoms with Crippen LogP contribution in [0.15, 0.2) is 48.5 Å². The van der Waals surface area contributed by atoms with Gasteiger partial charge in [0.1, 0.15) is 0 Å². The van der Waals surface area contributed by atoms with Crippen LogP contribution in [0.25, 0.3) is 0 Å². The van der Waals surface area contributed by atoms with E-state index in [9.17, 15) is 4.79 Å².